The van der Waals surface area contributed by atoms with Crippen LogP contribution in [0.3, 0.4) is 0 Å². The Hall–Kier alpha value is -0.530. The molecule has 0 spiro atoms. The lowest BCUT2D eigenvalue weighted by Crippen LogP contribution is -2.35. The average Bonchev–Trinajstić information content (AvgIpc) is 2.60. The third-order valence-corrected chi connectivity index (χ3v) is 6.19. The lowest BCUT2D eigenvalue weighted by molar-refractivity contribution is -0.154. The number of unbranched alkanes of at least 4 members (excludes halogenated alkanes) is 10. The average molecular weight is 354 g/mol. The van der Waals surface area contributed by atoms with E-state index in [0.29, 0.717) is 6.42 Å². The van der Waals surface area contributed by atoms with E-state index in [1.165, 1.54) is 77.0 Å². The van der Waals surface area contributed by atoms with E-state index in [0.717, 1.165) is 19.3 Å². The Morgan fingerprint density at radius 1 is 0.680 bits per heavy atom. The topological polar surface area (TPSA) is 37.0 Å². The molecule has 149 valence electrons. The lowest BCUT2D eigenvalue weighted by Gasteiger charge is -2.38. The third kappa shape index (κ3) is 10.3. The molecule has 1 unspecified atom stereocenters. The van der Waals surface area contributed by atoms with Gasteiger partial charge in [0.05, 0.1) is 5.92 Å². The van der Waals surface area contributed by atoms with Crippen molar-refractivity contribution >= 4 is 5.97 Å². The number of hydrogen-bond donors (Lipinski definition) is 0. The van der Waals surface area contributed by atoms with Crippen LogP contribution in [0.5, 0.6) is 0 Å². The predicted octanol–water partition coefficient (Wildman–Crippen LogP) is 7.87. The van der Waals surface area contributed by atoms with Crippen LogP contribution >= 0.6 is 0 Å². The Bertz CT molecular complexity index is 295. The molecule has 0 heterocycles. The molecule has 0 bridgehead atoms. The fourth-order valence-electron chi connectivity index (χ4n) is 4.44. The molecule has 1 radical (unpaired) electrons. The van der Waals surface area contributed by atoms with Crippen molar-refractivity contribution in [2.45, 2.75) is 130 Å². The van der Waals surface area contributed by atoms with Gasteiger partial charge in [-0.25, -0.2) is 9.90 Å². The normalized spacial score (nSPS) is 13.1. The van der Waals surface area contributed by atoms with Crippen LogP contribution in [0.1, 0.15) is 130 Å². The molecular formula is C23H45O2. The van der Waals surface area contributed by atoms with Crippen molar-refractivity contribution in [2.75, 3.05) is 0 Å². The summed E-state index contributed by atoms with van der Waals surface area (Å²) in [7, 11) is 0. The van der Waals surface area contributed by atoms with Crippen LogP contribution in [0.15, 0.2) is 0 Å². The molecule has 0 aromatic heterocycles. The zero-order chi connectivity index (χ0) is 19.0. The summed E-state index contributed by atoms with van der Waals surface area (Å²) in [5.74, 6) is -1.09. The number of carbonyl (C=O) groups is 1. The molecule has 25 heavy (non-hydrogen) atoms. The van der Waals surface area contributed by atoms with Crippen molar-refractivity contribution in [3.8, 4) is 0 Å². The van der Waals surface area contributed by atoms with Crippen LogP contribution in [-0.4, -0.2) is 5.97 Å². The van der Waals surface area contributed by atoms with Crippen molar-refractivity contribution in [1.82, 2.24) is 0 Å². The van der Waals surface area contributed by atoms with Gasteiger partial charge >= 0.3 is 5.97 Å². The molecule has 0 fully saturated rings. The Morgan fingerprint density at radius 3 is 1.40 bits per heavy atom. The van der Waals surface area contributed by atoms with Crippen molar-refractivity contribution in [2.24, 2.45) is 11.3 Å². The summed E-state index contributed by atoms with van der Waals surface area (Å²) < 4.78 is 0. The second-order valence-corrected chi connectivity index (χ2v) is 8.03. The van der Waals surface area contributed by atoms with Crippen molar-refractivity contribution < 1.29 is 9.90 Å². The van der Waals surface area contributed by atoms with Gasteiger partial charge in [0.2, 0.25) is 0 Å². The van der Waals surface area contributed by atoms with Gasteiger partial charge in [0.25, 0.3) is 0 Å². The van der Waals surface area contributed by atoms with Crippen LogP contribution in [0, 0.1) is 11.3 Å². The van der Waals surface area contributed by atoms with Gasteiger partial charge in [-0.3, -0.25) is 0 Å². The zero-order valence-electron chi connectivity index (χ0n) is 17.7. The van der Waals surface area contributed by atoms with E-state index in [2.05, 4.69) is 20.8 Å². The fourth-order valence-corrected chi connectivity index (χ4v) is 4.44. The van der Waals surface area contributed by atoms with E-state index in [9.17, 15) is 9.90 Å². The van der Waals surface area contributed by atoms with Gasteiger partial charge in [-0.15, -0.1) is 0 Å². The summed E-state index contributed by atoms with van der Waals surface area (Å²) >= 11 is 0. The second kappa shape index (κ2) is 15.7. The maximum absolute atomic E-state index is 11.8. The molecule has 0 aliphatic heterocycles. The molecule has 0 N–H and O–H groups in total. The van der Waals surface area contributed by atoms with Gasteiger partial charge in [-0.2, -0.15) is 0 Å². The van der Waals surface area contributed by atoms with Gasteiger partial charge in [0.1, 0.15) is 0 Å². The minimum atomic E-state index is -0.818. The third-order valence-electron chi connectivity index (χ3n) is 6.19. The molecule has 0 saturated heterocycles. The van der Waals surface area contributed by atoms with Crippen LogP contribution in [-0.2, 0) is 9.90 Å². The quantitative estimate of drug-likeness (QED) is 0.231. The fraction of sp³-hybridized carbons (Fsp3) is 0.957. The number of hydrogen-bond acceptors (Lipinski definition) is 1. The van der Waals surface area contributed by atoms with E-state index in [4.69, 9.17) is 0 Å². The first kappa shape index (κ1) is 24.5. The summed E-state index contributed by atoms with van der Waals surface area (Å²) in [5, 5.41) is 11.8. The number of rotatable bonds is 18. The molecule has 2 nitrogen and oxygen atoms in total. The first-order chi connectivity index (χ1) is 12.1. The second-order valence-electron chi connectivity index (χ2n) is 8.03. The first-order valence-corrected chi connectivity index (χ1v) is 11.3. The highest BCUT2D eigenvalue weighted by molar-refractivity contribution is 5.70. The summed E-state index contributed by atoms with van der Waals surface area (Å²) in [5.41, 5.74) is -0.0386. The minimum Gasteiger partial charge on any atom is -0.247 e. The Morgan fingerprint density at radius 2 is 1.08 bits per heavy atom. The largest absolute Gasteiger partial charge is 0.359 e. The Labute approximate surface area is 158 Å². The van der Waals surface area contributed by atoms with Crippen LogP contribution in [0.2, 0.25) is 0 Å². The zero-order valence-corrected chi connectivity index (χ0v) is 17.7. The van der Waals surface area contributed by atoms with Crippen LogP contribution < -0.4 is 0 Å². The minimum absolute atomic E-state index is 0.0386. The van der Waals surface area contributed by atoms with Crippen molar-refractivity contribution in [3.05, 3.63) is 0 Å². The highest BCUT2D eigenvalue weighted by atomic mass is 16.4. The van der Waals surface area contributed by atoms with Crippen LogP contribution in [0.4, 0.5) is 0 Å². The molecular weight excluding hydrogens is 308 g/mol. The van der Waals surface area contributed by atoms with Gasteiger partial charge in [0, 0.05) is 0 Å². The molecule has 0 aromatic rings. The van der Waals surface area contributed by atoms with Gasteiger partial charge in [0.15, 0.2) is 0 Å². The molecule has 0 amide bonds. The van der Waals surface area contributed by atoms with Gasteiger partial charge < -0.3 is 0 Å². The molecule has 0 aliphatic carbocycles. The summed E-state index contributed by atoms with van der Waals surface area (Å²) in [4.78, 5) is 11.8. The van der Waals surface area contributed by atoms with E-state index < -0.39 is 5.97 Å². The standard InChI is InChI=1S/C23H45O2/c1-5-9-11-13-15-17-19-23(8-4,21(7-3)22(24)25)20-18-16-14-12-10-6-2/h21H,5-20H2,1-4H3. The highest BCUT2D eigenvalue weighted by Crippen LogP contribution is 2.44. The predicted molar refractivity (Wildman–Crippen MR) is 108 cm³/mol. The van der Waals surface area contributed by atoms with Gasteiger partial charge in [-0.05, 0) is 31.1 Å². The summed E-state index contributed by atoms with van der Waals surface area (Å²) in [6.07, 6.45) is 19.1. The Balaban J connectivity index is 4.58. The molecule has 2 heteroatoms. The van der Waals surface area contributed by atoms with E-state index >= 15 is 0 Å². The molecule has 1 atom stereocenters. The number of carbonyl (C=O) groups excluding carboxylic acids is 1. The smallest absolute Gasteiger partial charge is 0.247 e. The van der Waals surface area contributed by atoms with E-state index in [-0.39, 0.29) is 11.3 Å². The van der Waals surface area contributed by atoms with Crippen molar-refractivity contribution in [3.63, 3.8) is 0 Å². The van der Waals surface area contributed by atoms with E-state index in [1.807, 2.05) is 6.92 Å². The van der Waals surface area contributed by atoms with Gasteiger partial charge in [-0.1, -0.05) is 105 Å². The maximum atomic E-state index is 11.8. The van der Waals surface area contributed by atoms with E-state index in [1.54, 1.807) is 0 Å². The SMILES string of the molecule is CCCCCCCCC(CC)(CCCCCCCC)C(CC)C([O])=O. The van der Waals surface area contributed by atoms with Crippen molar-refractivity contribution in [1.29, 1.82) is 0 Å². The monoisotopic (exact) mass is 353 g/mol. The summed E-state index contributed by atoms with van der Waals surface area (Å²) in [6.45, 7) is 8.70. The molecule has 0 aromatic carbocycles. The summed E-state index contributed by atoms with van der Waals surface area (Å²) in [6, 6.07) is 0. The maximum Gasteiger partial charge on any atom is 0.359 e. The first-order valence-electron chi connectivity index (χ1n) is 11.3. The highest BCUT2D eigenvalue weighted by Gasteiger charge is 2.40. The Kier molecular flexibility index (Phi) is 15.4. The molecule has 0 rings (SSSR count). The van der Waals surface area contributed by atoms with Crippen LogP contribution in [0.25, 0.3) is 0 Å². The molecule has 0 saturated carbocycles. The molecule has 0 aliphatic rings. The lowest BCUT2D eigenvalue weighted by atomic mass is 9.66.